The zero-order valence-electron chi connectivity index (χ0n) is 13.4. The predicted octanol–water partition coefficient (Wildman–Crippen LogP) is 1.21. The third-order valence-electron chi connectivity index (χ3n) is 3.89. The Morgan fingerprint density at radius 3 is 2.88 bits per heavy atom. The first-order chi connectivity index (χ1) is 11.6. The first-order valence-corrected chi connectivity index (χ1v) is 7.51. The molecule has 2 N–H and O–H groups in total. The molecule has 1 saturated carbocycles. The highest BCUT2D eigenvalue weighted by atomic mass is 19.1. The molecule has 1 aliphatic rings. The third-order valence-corrected chi connectivity index (χ3v) is 3.89. The Labute approximate surface area is 137 Å². The minimum absolute atomic E-state index is 0.0937. The lowest BCUT2D eigenvalue weighted by atomic mass is 9.78. The molecule has 9 heteroatoms. The quantitative estimate of drug-likeness (QED) is 0.818. The molecule has 0 radical (unpaired) electrons. The monoisotopic (exact) mass is 335 g/mol. The van der Waals surface area contributed by atoms with Crippen molar-refractivity contribution in [2.45, 2.75) is 31.4 Å². The molecule has 0 aliphatic heterocycles. The third kappa shape index (κ3) is 3.51. The summed E-state index contributed by atoms with van der Waals surface area (Å²) in [6.45, 7) is 0.265. The maximum atomic E-state index is 13.3. The molecule has 1 aliphatic carbocycles. The van der Waals surface area contributed by atoms with Gasteiger partial charge in [-0.2, -0.15) is 9.37 Å². The van der Waals surface area contributed by atoms with Crippen LogP contribution in [0.2, 0.25) is 0 Å². The van der Waals surface area contributed by atoms with Crippen LogP contribution in [0.25, 0.3) is 0 Å². The molecular weight excluding hydrogens is 317 g/mol. The largest absolute Gasteiger partial charge is 0.479 e. The average Bonchev–Trinajstić information content (AvgIpc) is 2.51. The smallest absolute Gasteiger partial charge is 0.255 e. The number of hydrogen-bond donors (Lipinski definition) is 2. The van der Waals surface area contributed by atoms with E-state index in [4.69, 9.17) is 9.47 Å². The summed E-state index contributed by atoms with van der Waals surface area (Å²) in [6, 6.07) is 1.65. The lowest BCUT2D eigenvalue weighted by Gasteiger charge is -2.35. The Hall–Kier alpha value is -2.55. The molecule has 1 fully saturated rings. The van der Waals surface area contributed by atoms with E-state index < -0.39 is 5.82 Å². The standard InChI is InChI=1S/C15H18FN5O3/c1-23-7-12-19-11(5-13(22)20-12)8-3-9(4-8)18-15-17-6-10(16)14(21-15)24-2/h5-6,8-9H,3-4,7H2,1-2H3,(H,17,18,21)(H,19,20,22). The van der Waals surface area contributed by atoms with Crippen molar-refractivity contribution in [1.29, 1.82) is 0 Å². The van der Waals surface area contributed by atoms with Crippen molar-refractivity contribution in [2.24, 2.45) is 0 Å². The maximum absolute atomic E-state index is 13.3. The van der Waals surface area contributed by atoms with Gasteiger partial charge in [-0.3, -0.25) is 4.79 Å². The van der Waals surface area contributed by atoms with Crippen molar-refractivity contribution in [3.05, 3.63) is 40.0 Å². The van der Waals surface area contributed by atoms with Gasteiger partial charge in [0.15, 0.2) is 0 Å². The second-order valence-corrected chi connectivity index (χ2v) is 5.61. The van der Waals surface area contributed by atoms with Crippen molar-refractivity contribution >= 4 is 5.95 Å². The molecule has 3 rings (SSSR count). The van der Waals surface area contributed by atoms with Gasteiger partial charge in [-0.15, -0.1) is 0 Å². The van der Waals surface area contributed by atoms with Crippen LogP contribution in [0.4, 0.5) is 10.3 Å². The number of anilines is 1. The van der Waals surface area contributed by atoms with Gasteiger partial charge in [0.05, 0.1) is 19.0 Å². The fourth-order valence-corrected chi connectivity index (χ4v) is 2.67. The number of nitrogens with one attached hydrogen (secondary N) is 2. The Morgan fingerprint density at radius 2 is 2.17 bits per heavy atom. The molecule has 0 amide bonds. The molecule has 8 nitrogen and oxygen atoms in total. The number of halogens is 1. The molecular formula is C15H18FN5O3. The minimum atomic E-state index is -0.604. The Kier molecular flexibility index (Phi) is 4.70. The number of nitrogens with zero attached hydrogens (tertiary/aromatic N) is 3. The van der Waals surface area contributed by atoms with Gasteiger partial charge in [0, 0.05) is 25.1 Å². The van der Waals surface area contributed by atoms with Gasteiger partial charge >= 0.3 is 0 Å². The summed E-state index contributed by atoms with van der Waals surface area (Å²) < 4.78 is 23.1. The van der Waals surface area contributed by atoms with Crippen LogP contribution in [0.1, 0.15) is 30.3 Å². The number of aromatic amines is 1. The van der Waals surface area contributed by atoms with Crippen LogP contribution in [0.5, 0.6) is 5.88 Å². The molecule has 0 unspecified atom stereocenters. The molecule has 0 saturated heterocycles. The van der Waals surface area contributed by atoms with Crippen LogP contribution in [0, 0.1) is 5.82 Å². The normalized spacial score (nSPS) is 19.6. The molecule has 0 atom stereocenters. The number of aromatic nitrogens is 4. The number of ether oxygens (including phenoxy) is 2. The molecule has 0 aromatic carbocycles. The van der Waals surface area contributed by atoms with Crippen LogP contribution in [-0.4, -0.2) is 40.2 Å². The molecule has 2 heterocycles. The summed E-state index contributed by atoms with van der Waals surface area (Å²) >= 11 is 0. The Morgan fingerprint density at radius 1 is 1.38 bits per heavy atom. The molecule has 24 heavy (non-hydrogen) atoms. The zero-order chi connectivity index (χ0) is 17.1. The first-order valence-electron chi connectivity index (χ1n) is 7.51. The van der Waals surface area contributed by atoms with E-state index in [9.17, 15) is 9.18 Å². The number of hydrogen-bond acceptors (Lipinski definition) is 7. The highest BCUT2D eigenvalue weighted by Crippen LogP contribution is 2.37. The van der Waals surface area contributed by atoms with Crippen LogP contribution in [-0.2, 0) is 11.3 Å². The lowest BCUT2D eigenvalue weighted by Crippen LogP contribution is -2.35. The Balaban J connectivity index is 1.62. The van der Waals surface area contributed by atoms with Gasteiger partial charge in [-0.1, -0.05) is 0 Å². The van der Waals surface area contributed by atoms with Gasteiger partial charge in [-0.25, -0.2) is 9.97 Å². The van der Waals surface area contributed by atoms with Crippen LogP contribution in [0.15, 0.2) is 17.1 Å². The predicted molar refractivity (Wildman–Crippen MR) is 83.5 cm³/mol. The van der Waals surface area contributed by atoms with Gasteiger partial charge in [-0.05, 0) is 12.8 Å². The lowest BCUT2D eigenvalue weighted by molar-refractivity contribution is 0.177. The average molecular weight is 335 g/mol. The molecule has 2 aromatic rings. The van der Waals surface area contributed by atoms with E-state index in [1.165, 1.54) is 13.2 Å². The second kappa shape index (κ2) is 6.91. The molecule has 2 aromatic heterocycles. The summed E-state index contributed by atoms with van der Waals surface area (Å²) in [7, 11) is 2.90. The minimum Gasteiger partial charge on any atom is -0.479 e. The second-order valence-electron chi connectivity index (χ2n) is 5.61. The first kappa shape index (κ1) is 16.3. The fraction of sp³-hybridized carbons (Fsp3) is 0.467. The van der Waals surface area contributed by atoms with Gasteiger partial charge in [0.1, 0.15) is 12.4 Å². The number of H-pyrrole nitrogens is 1. The van der Waals surface area contributed by atoms with Crippen molar-refractivity contribution in [2.75, 3.05) is 19.5 Å². The van der Waals surface area contributed by atoms with E-state index >= 15 is 0 Å². The highest BCUT2D eigenvalue weighted by Gasteiger charge is 2.32. The van der Waals surface area contributed by atoms with E-state index in [2.05, 4.69) is 25.3 Å². The summed E-state index contributed by atoms with van der Waals surface area (Å²) in [5.41, 5.74) is 0.566. The highest BCUT2D eigenvalue weighted by molar-refractivity contribution is 5.32. The van der Waals surface area contributed by atoms with Gasteiger partial charge in [0.25, 0.3) is 11.4 Å². The fourth-order valence-electron chi connectivity index (χ4n) is 2.67. The van der Waals surface area contributed by atoms with Crippen molar-refractivity contribution in [1.82, 2.24) is 19.9 Å². The van der Waals surface area contributed by atoms with E-state index in [1.54, 1.807) is 7.11 Å². The van der Waals surface area contributed by atoms with E-state index in [-0.39, 0.29) is 30.0 Å². The SMILES string of the molecule is COCc1nc(C2CC(Nc3ncc(F)c(OC)n3)C2)cc(=O)[nH]1. The van der Waals surface area contributed by atoms with E-state index in [0.717, 1.165) is 24.7 Å². The van der Waals surface area contributed by atoms with Crippen molar-refractivity contribution < 1.29 is 13.9 Å². The molecule has 0 spiro atoms. The summed E-state index contributed by atoms with van der Waals surface area (Å²) in [6.07, 6.45) is 2.64. The molecule has 128 valence electrons. The van der Waals surface area contributed by atoms with Crippen LogP contribution >= 0.6 is 0 Å². The number of methoxy groups -OCH3 is 2. The Bertz CT molecular complexity index is 776. The maximum Gasteiger partial charge on any atom is 0.255 e. The molecule has 0 bridgehead atoms. The van der Waals surface area contributed by atoms with E-state index in [1.807, 2.05) is 0 Å². The zero-order valence-corrected chi connectivity index (χ0v) is 13.4. The summed E-state index contributed by atoms with van der Waals surface area (Å²) in [4.78, 5) is 26.6. The van der Waals surface area contributed by atoms with Crippen LogP contribution in [0.3, 0.4) is 0 Å². The van der Waals surface area contributed by atoms with E-state index in [0.29, 0.717) is 11.8 Å². The van der Waals surface area contributed by atoms with Gasteiger partial charge < -0.3 is 19.8 Å². The van der Waals surface area contributed by atoms with Crippen LogP contribution < -0.4 is 15.6 Å². The van der Waals surface area contributed by atoms with Crippen molar-refractivity contribution in [3.8, 4) is 5.88 Å². The van der Waals surface area contributed by atoms with Crippen molar-refractivity contribution in [3.63, 3.8) is 0 Å². The number of rotatable bonds is 6. The van der Waals surface area contributed by atoms with Gasteiger partial charge in [0.2, 0.25) is 11.8 Å². The topological polar surface area (TPSA) is 102 Å². The summed E-state index contributed by atoms with van der Waals surface area (Å²) in [5, 5.41) is 3.13. The summed E-state index contributed by atoms with van der Waals surface area (Å²) in [5.74, 6) is 0.318.